The second-order valence-corrected chi connectivity index (χ2v) is 3.35. The number of nitrogens with two attached hydrogens (primary N) is 2. The summed E-state index contributed by atoms with van der Waals surface area (Å²) in [5, 5.41) is 11.8. The number of carboxylic acid groups (broad SMARTS) is 1. The van der Waals surface area contributed by atoms with Gasteiger partial charge in [-0.05, 0) is 19.5 Å². The number of carbonyl (C=O) groups is 1. The molecular formula is C9H22N4O2. The first-order chi connectivity index (χ1) is 7.20. The van der Waals surface area contributed by atoms with Gasteiger partial charge >= 0.3 is 5.97 Å². The first kappa shape index (κ1) is 14.3. The third-order valence-corrected chi connectivity index (χ3v) is 1.97. The largest absolute Gasteiger partial charge is 0.480 e. The molecular weight excluding hydrogens is 196 g/mol. The predicted octanol–water partition coefficient (Wildman–Crippen LogP) is -1.73. The van der Waals surface area contributed by atoms with Crippen LogP contribution in [-0.4, -0.2) is 61.8 Å². The smallest absolute Gasteiger partial charge is 0.317 e. The fourth-order valence-corrected chi connectivity index (χ4v) is 1.23. The van der Waals surface area contributed by atoms with Crippen LogP contribution < -0.4 is 16.8 Å². The van der Waals surface area contributed by atoms with Crippen LogP contribution in [0.2, 0.25) is 0 Å². The van der Waals surface area contributed by atoms with Crippen LogP contribution in [0.3, 0.4) is 0 Å². The van der Waals surface area contributed by atoms with Crippen molar-refractivity contribution in [2.45, 2.75) is 6.42 Å². The van der Waals surface area contributed by atoms with Crippen molar-refractivity contribution < 1.29 is 9.90 Å². The summed E-state index contributed by atoms with van der Waals surface area (Å²) in [6.45, 7) is 4.17. The second-order valence-electron chi connectivity index (χ2n) is 3.35. The average molecular weight is 218 g/mol. The van der Waals surface area contributed by atoms with Crippen molar-refractivity contribution in [3.8, 4) is 0 Å². The topological polar surface area (TPSA) is 105 Å². The monoisotopic (exact) mass is 218 g/mol. The molecule has 0 radical (unpaired) electrons. The van der Waals surface area contributed by atoms with Gasteiger partial charge in [-0.25, -0.2) is 0 Å². The molecule has 6 heteroatoms. The molecule has 0 amide bonds. The molecule has 90 valence electrons. The van der Waals surface area contributed by atoms with Crippen LogP contribution in [0.5, 0.6) is 0 Å². The van der Waals surface area contributed by atoms with Gasteiger partial charge in [-0.3, -0.25) is 9.69 Å². The highest BCUT2D eigenvalue weighted by Gasteiger charge is 2.07. The molecule has 6 N–H and O–H groups in total. The van der Waals surface area contributed by atoms with Gasteiger partial charge in [0.1, 0.15) is 0 Å². The minimum absolute atomic E-state index is 0.0514. The maximum Gasteiger partial charge on any atom is 0.317 e. The highest BCUT2D eigenvalue weighted by atomic mass is 16.4. The fraction of sp³-hybridized carbons (Fsp3) is 0.889. The molecule has 0 heterocycles. The number of hydrogen-bond donors (Lipinski definition) is 4. The molecule has 0 aliphatic rings. The minimum Gasteiger partial charge on any atom is -0.480 e. The van der Waals surface area contributed by atoms with Crippen molar-refractivity contribution in [3.63, 3.8) is 0 Å². The lowest BCUT2D eigenvalue weighted by atomic mass is 10.4. The van der Waals surface area contributed by atoms with Crippen molar-refractivity contribution in [3.05, 3.63) is 0 Å². The van der Waals surface area contributed by atoms with Gasteiger partial charge in [0.15, 0.2) is 0 Å². The molecule has 0 aliphatic carbocycles. The summed E-state index contributed by atoms with van der Waals surface area (Å²) in [6, 6.07) is 0. The maximum atomic E-state index is 10.5. The average Bonchev–Trinajstić information content (AvgIpc) is 2.17. The van der Waals surface area contributed by atoms with Gasteiger partial charge in [0.25, 0.3) is 0 Å². The molecule has 0 rings (SSSR count). The number of rotatable bonds is 10. The highest BCUT2D eigenvalue weighted by Crippen LogP contribution is 1.85. The lowest BCUT2D eigenvalue weighted by Gasteiger charge is -2.19. The summed E-state index contributed by atoms with van der Waals surface area (Å²) in [7, 11) is 0. The van der Waals surface area contributed by atoms with Gasteiger partial charge in [0, 0.05) is 26.2 Å². The summed E-state index contributed by atoms with van der Waals surface area (Å²) in [5.74, 6) is -0.814. The molecule has 0 saturated heterocycles. The predicted molar refractivity (Wildman–Crippen MR) is 59.7 cm³/mol. The number of aliphatic carboxylic acids is 1. The summed E-state index contributed by atoms with van der Waals surface area (Å²) in [5.41, 5.74) is 10.7. The molecule has 0 saturated carbocycles. The first-order valence-electron chi connectivity index (χ1n) is 5.25. The Labute approximate surface area is 90.6 Å². The molecule has 0 atom stereocenters. The molecule has 0 unspecified atom stereocenters. The number of nitrogens with one attached hydrogen (secondary N) is 1. The fourth-order valence-electron chi connectivity index (χ4n) is 1.23. The van der Waals surface area contributed by atoms with Gasteiger partial charge in [0.05, 0.1) is 6.54 Å². The SMILES string of the molecule is NCCCNCCN(CCN)CC(=O)O. The second kappa shape index (κ2) is 9.85. The molecule has 0 aromatic carbocycles. The van der Waals surface area contributed by atoms with Crippen LogP contribution in [0.4, 0.5) is 0 Å². The third-order valence-electron chi connectivity index (χ3n) is 1.97. The van der Waals surface area contributed by atoms with Crippen molar-refractivity contribution in [1.29, 1.82) is 0 Å². The van der Waals surface area contributed by atoms with Crippen molar-refractivity contribution in [1.82, 2.24) is 10.2 Å². The van der Waals surface area contributed by atoms with Gasteiger partial charge in [0.2, 0.25) is 0 Å². The minimum atomic E-state index is -0.814. The van der Waals surface area contributed by atoms with E-state index in [1.807, 2.05) is 4.90 Å². The molecule has 0 aromatic rings. The van der Waals surface area contributed by atoms with Crippen LogP contribution in [0.1, 0.15) is 6.42 Å². The standard InChI is InChI=1S/C9H22N4O2/c10-2-1-4-12-5-7-13(6-3-11)8-9(14)15/h12H,1-8,10-11H2,(H,14,15). The van der Waals surface area contributed by atoms with Crippen LogP contribution in [0.15, 0.2) is 0 Å². The van der Waals surface area contributed by atoms with E-state index in [0.29, 0.717) is 26.2 Å². The number of hydrogen-bond acceptors (Lipinski definition) is 5. The van der Waals surface area contributed by atoms with E-state index in [2.05, 4.69) is 5.32 Å². The van der Waals surface area contributed by atoms with E-state index in [4.69, 9.17) is 16.6 Å². The Morgan fingerprint density at radius 3 is 2.47 bits per heavy atom. The summed E-state index contributed by atoms with van der Waals surface area (Å²) < 4.78 is 0. The molecule has 6 nitrogen and oxygen atoms in total. The van der Waals surface area contributed by atoms with Crippen molar-refractivity contribution >= 4 is 5.97 Å². The summed E-state index contributed by atoms with van der Waals surface area (Å²) in [6.07, 6.45) is 0.940. The zero-order chi connectivity index (χ0) is 11.5. The van der Waals surface area contributed by atoms with E-state index < -0.39 is 5.97 Å². The van der Waals surface area contributed by atoms with E-state index in [0.717, 1.165) is 19.5 Å². The Morgan fingerprint density at radius 2 is 1.93 bits per heavy atom. The zero-order valence-corrected chi connectivity index (χ0v) is 9.11. The summed E-state index contributed by atoms with van der Waals surface area (Å²) in [4.78, 5) is 12.3. The first-order valence-corrected chi connectivity index (χ1v) is 5.25. The Morgan fingerprint density at radius 1 is 1.20 bits per heavy atom. The van der Waals surface area contributed by atoms with E-state index in [1.165, 1.54) is 0 Å². The van der Waals surface area contributed by atoms with E-state index in [9.17, 15) is 4.79 Å². The van der Waals surface area contributed by atoms with Gasteiger partial charge in [-0.15, -0.1) is 0 Å². The van der Waals surface area contributed by atoms with Crippen LogP contribution >= 0.6 is 0 Å². The van der Waals surface area contributed by atoms with E-state index >= 15 is 0 Å². The van der Waals surface area contributed by atoms with Crippen LogP contribution in [-0.2, 0) is 4.79 Å². The number of carboxylic acids is 1. The molecule has 0 fully saturated rings. The lowest BCUT2D eigenvalue weighted by Crippen LogP contribution is -2.39. The molecule has 0 aliphatic heterocycles. The maximum absolute atomic E-state index is 10.5. The Bertz CT molecular complexity index is 166. The third kappa shape index (κ3) is 9.61. The van der Waals surface area contributed by atoms with Crippen molar-refractivity contribution in [2.75, 3.05) is 45.8 Å². The summed E-state index contributed by atoms with van der Waals surface area (Å²) >= 11 is 0. The molecule has 0 bridgehead atoms. The van der Waals surface area contributed by atoms with Gasteiger partial charge in [-0.1, -0.05) is 0 Å². The lowest BCUT2D eigenvalue weighted by molar-refractivity contribution is -0.138. The Kier molecular flexibility index (Phi) is 9.40. The van der Waals surface area contributed by atoms with E-state index in [1.54, 1.807) is 0 Å². The Balaban J connectivity index is 3.52. The quantitative estimate of drug-likeness (QED) is 0.325. The van der Waals surface area contributed by atoms with Crippen molar-refractivity contribution in [2.24, 2.45) is 11.5 Å². The Hall–Kier alpha value is -0.690. The zero-order valence-electron chi connectivity index (χ0n) is 9.11. The van der Waals surface area contributed by atoms with E-state index in [-0.39, 0.29) is 6.54 Å². The van der Waals surface area contributed by atoms with Crippen LogP contribution in [0, 0.1) is 0 Å². The molecule has 0 aromatic heterocycles. The molecule has 0 spiro atoms. The number of nitrogens with zero attached hydrogens (tertiary/aromatic N) is 1. The van der Waals surface area contributed by atoms with Crippen LogP contribution in [0.25, 0.3) is 0 Å². The van der Waals surface area contributed by atoms with Gasteiger partial charge in [-0.2, -0.15) is 0 Å². The highest BCUT2D eigenvalue weighted by molar-refractivity contribution is 5.69. The molecule has 15 heavy (non-hydrogen) atoms. The normalized spacial score (nSPS) is 10.9. The van der Waals surface area contributed by atoms with Gasteiger partial charge < -0.3 is 21.9 Å².